The third-order valence-corrected chi connectivity index (χ3v) is 24.1. The number of unbranched alkanes of at least 4 members (excludes halogenated alkanes) is 16. The summed E-state index contributed by atoms with van der Waals surface area (Å²) in [6.07, 6.45) is 27.3. The van der Waals surface area contributed by atoms with Crippen LogP contribution >= 0.6 is 0 Å². The van der Waals surface area contributed by atoms with Crippen molar-refractivity contribution in [2.45, 2.75) is 176 Å². The quantitative estimate of drug-likeness (QED) is 0.0438. The minimum absolute atomic E-state index is 0.0607. The molecule has 0 aromatic heterocycles. The van der Waals surface area contributed by atoms with Gasteiger partial charge in [-0.15, -0.1) is 0 Å². The minimum atomic E-state index is -2.40. The summed E-state index contributed by atoms with van der Waals surface area (Å²) in [7, 11) is 0. The van der Waals surface area contributed by atoms with Gasteiger partial charge in [-0.1, -0.05) is 64.7 Å². The summed E-state index contributed by atoms with van der Waals surface area (Å²) in [6.45, 7) is 9.28. The zero-order valence-corrected chi connectivity index (χ0v) is 29.0. The molecular weight excluding hydrogens is 571 g/mol. The molecule has 1 aromatic rings. The van der Waals surface area contributed by atoms with Gasteiger partial charge in [-0.05, 0) is 0 Å². The Hall–Kier alpha value is -0.511. The zero-order valence-electron chi connectivity index (χ0n) is 26.1. The summed E-state index contributed by atoms with van der Waals surface area (Å²) in [5.74, 6) is 0.681. The monoisotopic (exact) mass is 636 g/mol. The van der Waals surface area contributed by atoms with E-state index < -0.39 is 18.4 Å². The van der Waals surface area contributed by atoms with Crippen LogP contribution in [0.5, 0.6) is 5.75 Å². The van der Waals surface area contributed by atoms with Crippen LogP contribution in [0.25, 0.3) is 0 Å². The van der Waals surface area contributed by atoms with Gasteiger partial charge in [-0.3, -0.25) is 0 Å². The average Bonchev–Trinajstić information content (AvgIpc) is 2.93. The summed E-state index contributed by atoms with van der Waals surface area (Å²) in [6, 6.07) is 8.86. The van der Waals surface area contributed by atoms with E-state index >= 15 is 0 Å². The molecule has 0 atom stereocenters. The first-order valence-corrected chi connectivity index (χ1v) is 24.4. The van der Waals surface area contributed by atoms with Gasteiger partial charge in [0.15, 0.2) is 0 Å². The Kier molecular flexibility index (Phi) is 22.7. The van der Waals surface area contributed by atoms with E-state index in [-0.39, 0.29) is 5.97 Å². The molecule has 38 heavy (non-hydrogen) atoms. The Morgan fingerprint density at radius 2 is 0.895 bits per heavy atom. The van der Waals surface area contributed by atoms with Crippen LogP contribution in [-0.2, 0) is 4.79 Å². The van der Waals surface area contributed by atoms with Gasteiger partial charge in [0.1, 0.15) is 0 Å². The number of esters is 1. The first kappa shape index (κ1) is 35.5. The van der Waals surface area contributed by atoms with E-state index in [0.29, 0.717) is 6.42 Å². The van der Waals surface area contributed by atoms with Gasteiger partial charge in [-0.25, -0.2) is 0 Å². The first-order valence-electron chi connectivity index (χ1n) is 16.9. The van der Waals surface area contributed by atoms with Crippen LogP contribution in [0.3, 0.4) is 0 Å². The van der Waals surface area contributed by atoms with E-state index in [2.05, 4.69) is 52.0 Å². The van der Waals surface area contributed by atoms with Crippen LogP contribution in [0.1, 0.15) is 163 Å². The van der Waals surface area contributed by atoms with Crippen LogP contribution in [0.2, 0.25) is 13.3 Å². The van der Waals surface area contributed by atoms with Crippen LogP contribution in [0, 0.1) is 0 Å². The summed E-state index contributed by atoms with van der Waals surface area (Å²) in [5.41, 5.74) is 0. The van der Waals surface area contributed by atoms with Crippen LogP contribution in [-0.4, -0.2) is 24.3 Å². The van der Waals surface area contributed by atoms with Gasteiger partial charge in [0.25, 0.3) is 0 Å². The number of hydrogen-bond donors (Lipinski definition) is 0. The van der Waals surface area contributed by atoms with Crippen molar-refractivity contribution in [2.75, 3.05) is 0 Å². The molecule has 0 saturated heterocycles. The van der Waals surface area contributed by atoms with Gasteiger partial charge in [0.05, 0.1) is 0 Å². The van der Waals surface area contributed by atoms with Crippen molar-refractivity contribution in [3.05, 3.63) is 24.3 Å². The number of ether oxygens (including phenoxy) is 1. The molecule has 2 nitrogen and oxygen atoms in total. The molecule has 0 bridgehead atoms. The van der Waals surface area contributed by atoms with Crippen LogP contribution in [0.4, 0.5) is 0 Å². The fraction of sp³-hybridized carbons (Fsp3) is 0.800. The molecule has 0 heterocycles. The van der Waals surface area contributed by atoms with Crippen molar-refractivity contribution in [1.82, 2.24) is 0 Å². The van der Waals surface area contributed by atoms with E-state index in [4.69, 9.17) is 4.74 Å². The summed E-state index contributed by atoms with van der Waals surface area (Å²) in [4.78, 5) is 12.4. The van der Waals surface area contributed by atoms with Gasteiger partial charge in [0.2, 0.25) is 0 Å². The molecule has 1 aromatic carbocycles. The SMILES string of the molecule is CCCCCCCCCCCCCCCCC(=O)Oc1cc[c]([Sn]([CH2]CCC)([CH2]CCC)[CH2]CCC)cc1. The van der Waals surface area contributed by atoms with Crippen molar-refractivity contribution in [2.24, 2.45) is 0 Å². The Morgan fingerprint density at radius 3 is 1.29 bits per heavy atom. The maximum atomic E-state index is 12.4. The van der Waals surface area contributed by atoms with E-state index in [1.54, 1.807) is 3.58 Å². The molecule has 220 valence electrons. The normalized spacial score (nSPS) is 11.7. The summed E-state index contributed by atoms with van der Waals surface area (Å²) in [5, 5.41) is 0. The average molecular weight is 636 g/mol. The number of carbonyl (C=O) groups excluding carboxylic acids is 1. The molecule has 0 aliphatic carbocycles. The summed E-state index contributed by atoms with van der Waals surface area (Å²) >= 11 is -2.40. The molecule has 0 aliphatic rings. The predicted molar refractivity (Wildman–Crippen MR) is 172 cm³/mol. The van der Waals surface area contributed by atoms with Crippen LogP contribution < -0.4 is 8.32 Å². The van der Waals surface area contributed by atoms with E-state index in [1.807, 2.05) is 0 Å². The molecule has 0 saturated carbocycles. The molecule has 0 aliphatic heterocycles. The molecule has 0 N–H and O–H groups in total. The molecular formula is C35H64O2Sn. The number of benzene rings is 1. The van der Waals surface area contributed by atoms with Gasteiger partial charge < -0.3 is 0 Å². The van der Waals surface area contributed by atoms with Crippen molar-refractivity contribution in [3.63, 3.8) is 0 Å². The van der Waals surface area contributed by atoms with Gasteiger partial charge >= 0.3 is 179 Å². The van der Waals surface area contributed by atoms with Crippen LogP contribution in [0.15, 0.2) is 24.3 Å². The fourth-order valence-corrected chi connectivity index (χ4v) is 21.8. The molecule has 0 amide bonds. The van der Waals surface area contributed by atoms with E-state index in [0.717, 1.165) is 18.6 Å². The molecule has 0 spiro atoms. The summed E-state index contributed by atoms with van der Waals surface area (Å²) < 4.78 is 11.8. The molecule has 3 heteroatoms. The first-order chi connectivity index (χ1) is 18.6. The van der Waals surface area contributed by atoms with E-state index in [1.165, 1.54) is 129 Å². The number of hydrogen-bond acceptors (Lipinski definition) is 2. The topological polar surface area (TPSA) is 26.3 Å². The molecule has 0 fully saturated rings. The number of rotatable bonds is 26. The predicted octanol–water partition coefficient (Wildman–Crippen LogP) is 11.5. The molecule has 1 rings (SSSR count). The third kappa shape index (κ3) is 16.6. The fourth-order valence-electron chi connectivity index (χ4n) is 5.88. The Bertz CT molecular complexity index is 647. The zero-order chi connectivity index (χ0) is 27.7. The Morgan fingerprint density at radius 1 is 0.526 bits per heavy atom. The second-order valence-electron chi connectivity index (χ2n) is 11.9. The second-order valence-corrected chi connectivity index (χ2v) is 25.2. The second kappa shape index (κ2) is 24.3. The molecule has 0 radical (unpaired) electrons. The Balaban J connectivity index is 2.30. The Labute approximate surface area is 242 Å². The van der Waals surface area contributed by atoms with Gasteiger partial charge in [0, 0.05) is 0 Å². The van der Waals surface area contributed by atoms with Crippen molar-refractivity contribution in [3.8, 4) is 5.75 Å². The third-order valence-electron chi connectivity index (χ3n) is 8.46. The standard InChI is InChI=1S/C23H37O2.3C4H9.Sn/c1-2-3-4-5-6-7-8-9-10-11-12-13-14-18-21-23(24)25-22-19-16-15-17-20-22;3*1-3-4-2;/h16-17,19-20H,2-14,18,21H2,1H3;3*1,3-4H2,2H3;. The van der Waals surface area contributed by atoms with E-state index in [9.17, 15) is 4.79 Å². The van der Waals surface area contributed by atoms with Crippen molar-refractivity contribution >= 4 is 27.9 Å². The van der Waals surface area contributed by atoms with Crippen molar-refractivity contribution in [1.29, 1.82) is 0 Å². The van der Waals surface area contributed by atoms with Gasteiger partial charge in [-0.2, -0.15) is 0 Å². The molecule has 0 unspecified atom stereocenters. The number of carbonyl (C=O) groups is 1. The van der Waals surface area contributed by atoms with Crippen molar-refractivity contribution < 1.29 is 9.53 Å². The maximum absolute atomic E-state index is 12.4.